The Hall–Kier alpha value is 1.21. The van der Waals surface area contributed by atoms with Crippen molar-refractivity contribution in [1.29, 1.82) is 10.5 Å². The van der Waals surface area contributed by atoms with E-state index in [0.29, 0.717) is 24.3 Å². The van der Waals surface area contributed by atoms with E-state index in [4.69, 9.17) is 33.9 Å². The van der Waals surface area contributed by atoms with E-state index >= 15 is 0 Å². The molecule has 89 valence electrons. The molecule has 0 heterocycles. The molecule has 0 aromatic heterocycles. The van der Waals surface area contributed by atoms with Crippen molar-refractivity contribution >= 4 is 49.9 Å². The number of hydrogen-bond acceptors (Lipinski definition) is 8. The molecule has 14 heavy (non-hydrogen) atoms. The maximum Gasteiger partial charge on any atom is 3.00 e. The molecule has 0 aromatic rings. The van der Waals surface area contributed by atoms with Crippen molar-refractivity contribution < 1.29 is 33.0 Å². The second-order valence-electron chi connectivity index (χ2n) is 0.371. The van der Waals surface area contributed by atoms with Gasteiger partial charge in [0.25, 0.3) is 0 Å². The van der Waals surface area contributed by atoms with Crippen LogP contribution in [0.25, 0.3) is 10.3 Å². The standard InChI is InChI=1S/2CN.2H2N2S2.2Ni/c2*1-2;2*1-4-2-3;;/h;;2*1-2H;;/q2*-1;2*-2;;+3. The van der Waals surface area contributed by atoms with Crippen LogP contribution in [-0.2, 0) is 58.6 Å². The fraction of sp³-hybridized carbons (Fsp3) is 0. The van der Waals surface area contributed by atoms with Gasteiger partial charge in [-0.05, 0) is 0 Å². The largest absolute Gasteiger partial charge is 3.00 e. The van der Waals surface area contributed by atoms with Crippen LogP contribution >= 0.6 is 24.3 Å². The first-order valence-electron chi connectivity index (χ1n) is 1.67. The molecule has 0 saturated heterocycles. The quantitative estimate of drug-likeness (QED) is 0.330. The van der Waals surface area contributed by atoms with Gasteiger partial charge in [-0.15, -0.1) is 0 Å². The van der Waals surface area contributed by atoms with E-state index in [1.807, 2.05) is 0 Å². The average molecular weight is 358 g/mol. The first kappa shape index (κ1) is 36.2. The van der Waals surface area contributed by atoms with E-state index in [2.05, 4.69) is 33.9 Å². The minimum atomic E-state index is 0. The van der Waals surface area contributed by atoms with Crippen LogP contribution in [0.15, 0.2) is 0 Å². The van der Waals surface area contributed by atoms with E-state index in [-0.39, 0.29) is 33.0 Å². The van der Waals surface area contributed by atoms with Crippen molar-refractivity contribution in [2.45, 2.75) is 0 Å². The third-order valence-corrected chi connectivity index (χ3v) is 0.750. The summed E-state index contributed by atoms with van der Waals surface area (Å²) < 4.78 is 4.19. The molecule has 0 spiro atoms. The predicted molar refractivity (Wildman–Crippen MR) is 54.8 cm³/mol. The maximum atomic E-state index is 6.25. The average Bonchev–Trinajstić information content (AvgIpc) is 2.23. The summed E-state index contributed by atoms with van der Waals surface area (Å²) in [6.07, 6.45) is 0. The first-order valence-corrected chi connectivity index (χ1v) is 4.12. The van der Waals surface area contributed by atoms with Crippen LogP contribution in [0.4, 0.5) is 0 Å². The van der Waals surface area contributed by atoms with Crippen molar-refractivity contribution in [2.75, 3.05) is 0 Å². The third kappa shape index (κ3) is 191. The molecule has 12 heteroatoms. The number of nitrogens with one attached hydrogen (secondary N) is 4. The van der Waals surface area contributed by atoms with Crippen molar-refractivity contribution in [3.63, 3.8) is 0 Å². The molecule has 1 radical (unpaired) electrons. The van der Waals surface area contributed by atoms with E-state index in [9.17, 15) is 0 Å². The number of nitrogens with zero attached hydrogens (tertiary/aromatic N) is 2. The van der Waals surface area contributed by atoms with E-state index in [1.54, 1.807) is 0 Å². The summed E-state index contributed by atoms with van der Waals surface area (Å²) in [5.41, 5.74) is 0. The molecule has 0 fully saturated rings. The normalized spacial score (nSPS) is 4.57. The van der Waals surface area contributed by atoms with Crippen LogP contribution < -0.4 is 8.25 Å². The molecular formula is C2H4N6Ni2S4-3. The molecule has 0 aromatic carbocycles. The van der Waals surface area contributed by atoms with Crippen LogP contribution in [0.3, 0.4) is 0 Å². The molecule has 0 unspecified atom stereocenters. The van der Waals surface area contributed by atoms with Crippen LogP contribution in [0.2, 0.25) is 0 Å². The number of rotatable bonds is 2. The van der Waals surface area contributed by atoms with E-state index in [1.165, 1.54) is 0 Å². The Morgan fingerprint density at radius 2 is 1.00 bits per heavy atom. The van der Waals surface area contributed by atoms with Gasteiger partial charge in [-0.25, -0.2) is 24.3 Å². The van der Waals surface area contributed by atoms with Crippen molar-refractivity contribution in [2.24, 2.45) is 0 Å². The van der Waals surface area contributed by atoms with Crippen LogP contribution in [-0.4, -0.2) is 0 Å². The van der Waals surface area contributed by atoms with Gasteiger partial charge >= 0.3 is 16.5 Å². The Morgan fingerprint density at radius 3 is 1.00 bits per heavy atom. The fourth-order valence-corrected chi connectivity index (χ4v) is 0. The molecule has 6 nitrogen and oxygen atoms in total. The molecule has 0 aliphatic heterocycles. The zero-order valence-electron chi connectivity index (χ0n) is 6.16. The Kier molecular flexibility index (Phi) is 236. The third-order valence-electron chi connectivity index (χ3n) is 0.0833. The number of hydrogen-bond donors (Lipinski definition) is 2. The maximum absolute atomic E-state index is 6.25. The monoisotopic (exact) mass is 356 g/mol. The summed E-state index contributed by atoms with van der Waals surface area (Å²) in [4.78, 5) is 0. The molecule has 0 saturated carbocycles. The summed E-state index contributed by atoms with van der Waals surface area (Å²) in [5.74, 6) is 0. The van der Waals surface area contributed by atoms with Gasteiger partial charge in [-0.1, -0.05) is 0 Å². The van der Waals surface area contributed by atoms with E-state index < -0.39 is 0 Å². The van der Waals surface area contributed by atoms with Gasteiger partial charge in [0.05, 0.1) is 0 Å². The topological polar surface area (TPSA) is 119 Å². The zero-order valence-corrected chi connectivity index (χ0v) is 11.4. The van der Waals surface area contributed by atoms with Gasteiger partial charge < -0.3 is 67.8 Å². The fourth-order valence-electron chi connectivity index (χ4n) is 0. The summed E-state index contributed by atoms with van der Waals surface area (Å²) >= 11 is 9.50. The van der Waals surface area contributed by atoms with E-state index in [0.717, 1.165) is 0 Å². The van der Waals surface area contributed by atoms with Gasteiger partial charge in [0.1, 0.15) is 0 Å². The molecule has 0 aliphatic rings. The van der Waals surface area contributed by atoms with Gasteiger partial charge in [0.15, 0.2) is 0 Å². The summed E-state index contributed by atoms with van der Waals surface area (Å²) in [6.45, 7) is 9.50. The van der Waals surface area contributed by atoms with Crippen molar-refractivity contribution in [3.8, 4) is 0 Å². The molecular weight excluding hydrogens is 354 g/mol. The minimum absolute atomic E-state index is 0. The van der Waals surface area contributed by atoms with Gasteiger partial charge in [0.2, 0.25) is 0 Å². The van der Waals surface area contributed by atoms with Gasteiger partial charge in [-0.3, -0.25) is 0 Å². The Labute approximate surface area is 124 Å². The van der Waals surface area contributed by atoms with Gasteiger partial charge in [0, 0.05) is 16.5 Å². The molecule has 0 aliphatic carbocycles. The smallest absolute Gasteiger partial charge is 0.694 e. The molecule has 0 amide bonds. The Morgan fingerprint density at radius 1 is 0.929 bits per heavy atom. The van der Waals surface area contributed by atoms with Crippen molar-refractivity contribution in [3.05, 3.63) is 23.4 Å². The van der Waals surface area contributed by atoms with Crippen molar-refractivity contribution in [1.82, 2.24) is 8.25 Å². The first-order chi connectivity index (χ1) is 5.83. The zero-order chi connectivity index (χ0) is 10.8. The van der Waals surface area contributed by atoms with Crippen LogP contribution in [0.5, 0.6) is 0 Å². The minimum Gasteiger partial charge on any atom is -0.694 e. The van der Waals surface area contributed by atoms with Crippen LogP contribution in [0.1, 0.15) is 0 Å². The van der Waals surface area contributed by atoms with Crippen LogP contribution in [0, 0.1) is 23.7 Å². The molecule has 0 bridgehead atoms. The Balaban J connectivity index is -0.0000000153. The summed E-state index contributed by atoms with van der Waals surface area (Å²) in [7, 11) is 0. The summed E-state index contributed by atoms with van der Waals surface area (Å²) in [5, 5.41) is 24.8. The Bertz CT molecular complexity index is 68.7. The second kappa shape index (κ2) is 91.4. The molecule has 4 N–H and O–H groups in total. The molecule has 0 rings (SSSR count). The SMILES string of the molecule is [C-]#N.[C-]#N.[NH-]SN[S-].[NH-]SN[S-].[Ni+3].[Ni]. The second-order valence-corrected chi connectivity index (χ2v) is 2.11. The molecule has 0 atom stereocenters. The van der Waals surface area contributed by atoms with Gasteiger partial charge in [-0.2, -0.15) is 0 Å². The summed E-state index contributed by atoms with van der Waals surface area (Å²) in [6, 6.07) is 0. The predicted octanol–water partition coefficient (Wildman–Crippen LogP) is 1.49.